The summed E-state index contributed by atoms with van der Waals surface area (Å²) in [5, 5.41) is 4.75. The molecule has 0 amide bonds. The van der Waals surface area contributed by atoms with Gasteiger partial charge in [0, 0.05) is 5.56 Å². The van der Waals surface area contributed by atoms with Gasteiger partial charge in [0.25, 0.3) is 5.56 Å². The number of rotatable bonds is 7. The molecule has 3 heterocycles. The van der Waals surface area contributed by atoms with Crippen LogP contribution >= 0.6 is 22.9 Å². The van der Waals surface area contributed by atoms with E-state index >= 15 is 0 Å². The molecule has 2 aromatic heterocycles. The van der Waals surface area contributed by atoms with Gasteiger partial charge in [0.05, 0.1) is 54.1 Å². The lowest BCUT2D eigenvalue weighted by molar-refractivity contribution is -0.139. The molecule has 1 aliphatic heterocycles. The lowest BCUT2D eigenvalue weighted by Crippen LogP contribution is -2.40. The number of hydrogen-bond acceptors (Lipinski definition) is 8. The van der Waals surface area contributed by atoms with Gasteiger partial charge < -0.3 is 14.2 Å². The minimum atomic E-state index is -0.791. The molecule has 1 aliphatic rings. The molecule has 40 heavy (non-hydrogen) atoms. The van der Waals surface area contributed by atoms with Gasteiger partial charge in [-0.3, -0.25) is 9.36 Å². The minimum Gasteiger partial charge on any atom is -0.493 e. The van der Waals surface area contributed by atoms with Crippen molar-refractivity contribution in [2.24, 2.45) is 4.99 Å². The maximum Gasteiger partial charge on any atom is 0.338 e. The van der Waals surface area contributed by atoms with Crippen molar-refractivity contribution in [1.29, 1.82) is 0 Å². The Morgan fingerprint density at radius 3 is 2.50 bits per heavy atom. The van der Waals surface area contributed by atoms with Gasteiger partial charge in [-0.15, -0.1) is 0 Å². The van der Waals surface area contributed by atoms with Gasteiger partial charge in [0.15, 0.2) is 21.5 Å². The molecule has 11 heteroatoms. The molecule has 0 unspecified atom stereocenters. The predicted molar refractivity (Wildman–Crippen MR) is 153 cm³/mol. The van der Waals surface area contributed by atoms with E-state index < -0.39 is 12.0 Å². The van der Waals surface area contributed by atoms with Crippen LogP contribution in [0.1, 0.15) is 36.7 Å². The van der Waals surface area contributed by atoms with E-state index in [0.717, 1.165) is 11.4 Å². The van der Waals surface area contributed by atoms with E-state index in [1.54, 1.807) is 49.9 Å². The first-order valence-corrected chi connectivity index (χ1v) is 13.7. The van der Waals surface area contributed by atoms with Crippen LogP contribution in [-0.4, -0.2) is 41.1 Å². The van der Waals surface area contributed by atoms with E-state index in [1.165, 1.54) is 23.0 Å². The number of hydrogen-bond donors (Lipinski definition) is 0. The number of carbonyl (C=O) groups is 1. The van der Waals surface area contributed by atoms with Gasteiger partial charge >= 0.3 is 5.97 Å². The van der Waals surface area contributed by atoms with Crippen LogP contribution in [0.2, 0.25) is 5.15 Å². The van der Waals surface area contributed by atoms with Crippen LogP contribution in [0.15, 0.2) is 69.6 Å². The number of fused-ring (bicyclic) bond motifs is 1. The number of methoxy groups -OCH3 is 2. The smallest absolute Gasteiger partial charge is 0.338 e. The lowest BCUT2D eigenvalue weighted by Gasteiger charge is -2.25. The summed E-state index contributed by atoms with van der Waals surface area (Å²) in [7, 11) is 3.07. The fourth-order valence-electron chi connectivity index (χ4n) is 4.73. The Labute approximate surface area is 239 Å². The summed E-state index contributed by atoms with van der Waals surface area (Å²) in [5.74, 6) is 0.453. The van der Waals surface area contributed by atoms with E-state index in [1.807, 2.05) is 37.3 Å². The SMILES string of the molecule is CCOC(=O)C1=C(C)N=c2s/c(=C\c3c(Cl)nn(-c4ccccc4)c3C)c(=O)n2[C@H]1c1ccc(OC)c(OC)c1. The van der Waals surface area contributed by atoms with Gasteiger partial charge in [-0.2, -0.15) is 5.10 Å². The number of carbonyl (C=O) groups excluding carboxylic acids is 1. The largest absolute Gasteiger partial charge is 0.493 e. The highest BCUT2D eigenvalue weighted by molar-refractivity contribution is 7.07. The third-order valence-corrected chi connectivity index (χ3v) is 7.90. The number of ether oxygens (including phenoxy) is 3. The molecule has 4 aromatic rings. The van der Waals surface area contributed by atoms with Crippen molar-refractivity contribution in [3.05, 3.63) is 101 Å². The molecule has 9 nitrogen and oxygen atoms in total. The molecule has 0 aliphatic carbocycles. The Balaban J connectivity index is 1.72. The number of nitrogens with zero attached hydrogens (tertiary/aromatic N) is 4. The standard InChI is InChI=1S/C29H27ClN4O5S/c1-6-39-28(36)24-16(2)31-29-33(25(24)18-12-13-21(37-4)22(14-18)38-5)27(35)23(40-29)15-20-17(3)34(32-26(20)30)19-10-8-7-9-11-19/h7-15,25H,6H2,1-5H3/b23-15-/t25-/m0/s1. The molecular formula is C29H27ClN4O5S. The van der Waals surface area contributed by atoms with Crippen molar-refractivity contribution >= 4 is 35.0 Å². The van der Waals surface area contributed by atoms with Crippen LogP contribution < -0.4 is 24.4 Å². The van der Waals surface area contributed by atoms with Gasteiger partial charge in [0.2, 0.25) is 0 Å². The summed E-state index contributed by atoms with van der Waals surface area (Å²) in [6.07, 6.45) is 1.73. The number of halogens is 1. The molecule has 0 saturated heterocycles. The number of aromatic nitrogens is 3. The zero-order valence-electron chi connectivity index (χ0n) is 22.6. The lowest BCUT2D eigenvalue weighted by atomic mass is 9.95. The predicted octanol–water partition coefficient (Wildman–Crippen LogP) is 3.96. The van der Waals surface area contributed by atoms with Crippen LogP contribution in [0, 0.1) is 6.92 Å². The van der Waals surface area contributed by atoms with Gasteiger partial charge in [0.1, 0.15) is 0 Å². The second-order valence-electron chi connectivity index (χ2n) is 8.95. The van der Waals surface area contributed by atoms with Crippen LogP contribution in [0.5, 0.6) is 11.5 Å². The molecule has 0 N–H and O–H groups in total. The summed E-state index contributed by atoms with van der Waals surface area (Å²) < 4.78 is 19.9. The topological polar surface area (TPSA) is 96.9 Å². The third-order valence-electron chi connectivity index (χ3n) is 6.63. The molecule has 1 atom stereocenters. The molecule has 0 radical (unpaired) electrons. The van der Waals surface area contributed by atoms with Crippen molar-refractivity contribution in [2.45, 2.75) is 26.8 Å². The maximum atomic E-state index is 14.0. The molecule has 206 valence electrons. The normalized spacial score (nSPS) is 15.1. The molecular weight excluding hydrogens is 552 g/mol. The number of esters is 1. The Morgan fingerprint density at radius 2 is 1.82 bits per heavy atom. The zero-order chi connectivity index (χ0) is 28.6. The average molecular weight is 579 g/mol. The summed E-state index contributed by atoms with van der Waals surface area (Å²) in [4.78, 5) is 32.2. The highest BCUT2D eigenvalue weighted by atomic mass is 35.5. The highest BCUT2D eigenvalue weighted by Gasteiger charge is 2.34. The van der Waals surface area contributed by atoms with Crippen molar-refractivity contribution in [1.82, 2.24) is 14.3 Å². The molecule has 0 fully saturated rings. The second kappa shape index (κ2) is 11.1. The van der Waals surface area contributed by atoms with Crippen molar-refractivity contribution < 1.29 is 19.0 Å². The quantitative estimate of drug-likeness (QED) is 0.308. The number of thiazole rings is 1. The summed E-state index contributed by atoms with van der Waals surface area (Å²) in [6.45, 7) is 5.55. The molecule has 0 saturated carbocycles. The molecule has 0 spiro atoms. The second-order valence-corrected chi connectivity index (χ2v) is 10.3. The van der Waals surface area contributed by atoms with Crippen molar-refractivity contribution in [2.75, 3.05) is 20.8 Å². The Morgan fingerprint density at radius 1 is 1.10 bits per heavy atom. The summed E-state index contributed by atoms with van der Waals surface area (Å²) in [6, 6.07) is 14.1. The number of para-hydroxylation sites is 1. The van der Waals surface area contributed by atoms with E-state index in [-0.39, 0.29) is 22.9 Å². The summed E-state index contributed by atoms with van der Waals surface area (Å²) >= 11 is 7.77. The average Bonchev–Trinajstić information content (AvgIpc) is 3.42. The van der Waals surface area contributed by atoms with Crippen LogP contribution in [0.25, 0.3) is 11.8 Å². The monoisotopic (exact) mass is 578 g/mol. The van der Waals surface area contributed by atoms with Crippen LogP contribution in [0.4, 0.5) is 0 Å². The first-order valence-electron chi connectivity index (χ1n) is 12.5. The summed E-state index contributed by atoms with van der Waals surface area (Å²) in [5.41, 5.74) is 3.33. The van der Waals surface area contributed by atoms with Gasteiger partial charge in [-0.25, -0.2) is 14.5 Å². The van der Waals surface area contributed by atoms with Gasteiger partial charge in [-0.1, -0.05) is 47.2 Å². The van der Waals surface area contributed by atoms with Crippen molar-refractivity contribution in [3.8, 4) is 17.2 Å². The maximum absolute atomic E-state index is 14.0. The fourth-order valence-corrected chi connectivity index (χ4v) is 6.02. The molecule has 5 rings (SSSR count). The molecule has 0 bridgehead atoms. The van der Waals surface area contributed by atoms with E-state index in [0.29, 0.717) is 37.7 Å². The Kier molecular flexibility index (Phi) is 7.64. The number of allylic oxidation sites excluding steroid dienone is 1. The van der Waals surface area contributed by atoms with E-state index in [4.69, 9.17) is 25.8 Å². The Bertz CT molecular complexity index is 1820. The van der Waals surface area contributed by atoms with Crippen LogP contribution in [-0.2, 0) is 9.53 Å². The van der Waals surface area contributed by atoms with Crippen LogP contribution in [0.3, 0.4) is 0 Å². The molecule has 2 aromatic carbocycles. The highest BCUT2D eigenvalue weighted by Crippen LogP contribution is 2.36. The first-order chi connectivity index (χ1) is 19.3. The van der Waals surface area contributed by atoms with Gasteiger partial charge in [-0.05, 0) is 56.7 Å². The fraction of sp³-hybridized carbons (Fsp3) is 0.241. The first kappa shape index (κ1) is 27.4. The third kappa shape index (κ3) is 4.73. The Hall–Kier alpha value is -4.15. The minimum absolute atomic E-state index is 0.182. The van der Waals surface area contributed by atoms with E-state index in [2.05, 4.69) is 10.1 Å². The number of benzene rings is 2. The zero-order valence-corrected chi connectivity index (χ0v) is 24.2. The van der Waals surface area contributed by atoms with E-state index in [9.17, 15) is 9.59 Å². The van der Waals surface area contributed by atoms with Crippen molar-refractivity contribution in [3.63, 3.8) is 0 Å².